The van der Waals surface area contributed by atoms with E-state index in [2.05, 4.69) is 5.32 Å². The predicted molar refractivity (Wildman–Crippen MR) is 62.6 cm³/mol. The van der Waals surface area contributed by atoms with Gasteiger partial charge in [-0.1, -0.05) is 6.92 Å². The highest BCUT2D eigenvalue weighted by Crippen LogP contribution is 2.32. The Balaban J connectivity index is 2.20. The summed E-state index contributed by atoms with van der Waals surface area (Å²) in [6.07, 6.45) is 2.93. The third kappa shape index (κ3) is 4.34. The Labute approximate surface area is 102 Å². The Hall–Kier alpha value is -1.10. The summed E-state index contributed by atoms with van der Waals surface area (Å²) in [6, 6.07) is -0.759. The van der Waals surface area contributed by atoms with Gasteiger partial charge < -0.3 is 15.2 Å². The number of rotatable bonds is 7. The van der Waals surface area contributed by atoms with Crippen molar-refractivity contribution < 1.29 is 19.4 Å². The fraction of sp³-hybridized carbons (Fsp3) is 0.833. The van der Waals surface area contributed by atoms with Crippen LogP contribution in [0, 0.1) is 5.92 Å². The molecule has 1 saturated carbocycles. The van der Waals surface area contributed by atoms with Crippen LogP contribution in [0.4, 0.5) is 0 Å². The molecule has 0 heterocycles. The van der Waals surface area contributed by atoms with Crippen LogP contribution in [0.2, 0.25) is 0 Å². The molecular weight excluding hydrogens is 222 g/mol. The Bertz CT molecular complexity index is 274. The first-order valence-electron chi connectivity index (χ1n) is 6.20. The van der Waals surface area contributed by atoms with E-state index >= 15 is 0 Å². The Morgan fingerprint density at radius 2 is 2.06 bits per heavy atom. The number of carboxylic acid groups (broad SMARTS) is 1. The zero-order valence-corrected chi connectivity index (χ0v) is 10.4. The summed E-state index contributed by atoms with van der Waals surface area (Å²) >= 11 is 0. The lowest BCUT2D eigenvalue weighted by Gasteiger charge is -2.34. The van der Waals surface area contributed by atoms with Crippen LogP contribution in [0.25, 0.3) is 0 Å². The van der Waals surface area contributed by atoms with Crippen molar-refractivity contribution in [1.29, 1.82) is 0 Å². The number of nitrogens with one attached hydrogen (secondary N) is 1. The number of hydrogen-bond donors (Lipinski definition) is 2. The van der Waals surface area contributed by atoms with Crippen molar-refractivity contribution in [1.82, 2.24) is 5.32 Å². The molecule has 0 radical (unpaired) electrons. The summed E-state index contributed by atoms with van der Waals surface area (Å²) in [6.45, 7) is 4.41. The van der Waals surface area contributed by atoms with E-state index in [0.717, 1.165) is 12.8 Å². The quantitative estimate of drug-likeness (QED) is 0.703. The Morgan fingerprint density at radius 3 is 2.53 bits per heavy atom. The summed E-state index contributed by atoms with van der Waals surface area (Å²) < 4.78 is 5.40. The zero-order valence-electron chi connectivity index (χ0n) is 10.4. The minimum Gasteiger partial charge on any atom is -0.480 e. The van der Waals surface area contributed by atoms with Gasteiger partial charge in [-0.2, -0.15) is 0 Å². The molecule has 0 saturated heterocycles. The Kier molecular flexibility index (Phi) is 5.41. The van der Waals surface area contributed by atoms with Gasteiger partial charge >= 0.3 is 5.97 Å². The molecule has 0 aromatic heterocycles. The summed E-state index contributed by atoms with van der Waals surface area (Å²) in [5.74, 6) is -0.793. The first-order valence-corrected chi connectivity index (χ1v) is 6.20. The molecule has 1 aliphatic carbocycles. The third-order valence-electron chi connectivity index (χ3n) is 3.11. The van der Waals surface area contributed by atoms with Gasteiger partial charge in [0, 0.05) is 13.0 Å². The monoisotopic (exact) mass is 243 g/mol. The van der Waals surface area contributed by atoms with Gasteiger partial charge in [0.25, 0.3) is 0 Å². The minimum absolute atomic E-state index is 0.167. The largest absolute Gasteiger partial charge is 0.480 e. The van der Waals surface area contributed by atoms with Gasteiger partial charge in [-0.05, 0) is 32.1 Å². The molecule has 1 rings (SSSR count). The van der Waals surface area contributed by atoms with Gasteiger partial charge in [-0.15, -0.1) is 0 Å². The van der Waals surface area contributed by atoms with E-state index in [-0.39, 0.29) is 5.91 Å². The molecule has 1 amide bonds. The first kappa shape index (κ1) is 14.0. The van der Waals surface area contributed by atoms with Crippen molar-refractivity contribution in [3.8, 4) is 0 Å². The van der Waals surface area contributed by atoms with Gasteiger partial charge in [0.05, 0.1) is 6.10 Å². The van der Waals surface area contributed by atoms with E-state index in [1.54, 1.807) is 6.92 Å². The summed E-state index contributed by atoms with van der Waals surface area (Å²) in [5.41, 5.74) is 0. The van der Waals surface area contributed by atoms with Crippen LogP contribution in [-0.4, -0.2) is 35.7 Å². The molecule has 1 atom stereocenters. The Morgan fingerprint density at radius 1 is 1.41 bits per heavy atom. The van der Waals surface area contributed by atoms with E-state index in [4.69, 9.17) is 9.84 Å². The average molecular weight is 243 g/mol. The molecule has 2 N–H and O–H groups in total. The van der Waals surface area contributed by atoms with E-state index < -0.39 is 12.0 Å². The summed E-state index contributed by atoms with van der Waals surface area (Å²) in [5, 5.41) is 11.3. The molecule has 5 nitrogen and oxygen atoms in total. The molecule has 0 aromatic carbocycles. The molecule has 1 aliphatic rings. The molecule has 0 bridgehead atoms. The maximum absolute atomic E-state index is 11.6. The third-order valence-corrected chi connectivity index (χ3v) is 3.11. The maximum Gasteiger partial charge on any atom is 0.326 e. The second-order valence-corrected chi connectivity index (χ2v) is 4.49. The molecule has 5 heteroatoms. The van der Waals surface area contributed by atoms with Gasteiger partial charge in [-0.25, -0.2) is 4.79 Å². The van der Waals surface area contributed by atoms with Gasteiger partial charge in [-0.3, -0.25) is 4.79 Å². The van der Waals surface area contributed by atoms with E-state index in [0.29, 0.717) is 31.5 Å². The molecule has 0 aromatic rings. The fourth-order valence-electron chi connectivity index (χ4n) is 2.07. The topological polar surface area (TPSA) is 75.6 Å². The number of amides is 1. The van der Waals surface area contributed by atoms with Gasteiger partial charge in [0.15, 0.2) is 0 Å². The smallest absolute Gasteiger partial charge is 0.326 e. The van der Waals surface area contributed by atoms with Crippen LogP contribution < -0.4 is 5.32 Å². The van der Waals surface area contributed by atoms with E-state index in [9.17, 15) is 9.59 Å². The van der Waals surface area contributed by atoms with Crippen LogP contribution in [0.5, 0.6) is 0 Å². The molecule has 98 valence electrons. The molecule has 0 spiro atoms. The number of carboxylic acids is 1. The van der Waals surface area contributed by atoms with Crippen molar-refractivity contribution in [2.45, 2.75) is 51.7 Å². The maximum atomic E-state index is 11.6. The minimum atomic E-state index is -0.971. The fourth-order valence-corrected chi connectivity index (χ4v) is 2.07. The second-order valence-electron chi connectivity index (χ2n) is 4.49. The van der Waals surface area contributed by atoms with Crippen LogP contribution >= 0.6 is 0 Å². The zero-order chi connectivity index (χ0) is 12.8. The van der Waals surface area contributed by atoms with Crippen LogP contribution in [-0.2, 0) is 14.3 Å². The van der Waals surface area contributed by atoms with Crippen molar-refractivity contribution in [3.63, 3.8) is 0 Å². The number of hydrogen-bond acceptors (Lipinski definition) is 3. The highest BCUT2D eigenvalue weighted by atomic mass is 16.5. The van der Waals surface area contributed by atoms with Gasteiger partial charge in [0.2, 0.25) is 5.91 Å². The molecule has 0 aliphatic heterocycles. The first-order chi connectivity index (χ1) is 8.06. The van der Waals surface area contributed by atoms with E-state index in [1.165, 1.54) is 0 Å². The second kappa shape index (κ2) is 6.59. The molecule has 17 heavy (non-hydrogen) atoms. The number of aliphatic carboxylic acids is 1. The lowest BCUT2D eigenvalue weighted by Crippen LogP contribution is -2.42. The van der Waals surface area contributed by atoms with Crippen molar-refractivity contribution in [3.05, 3.63) is 0 Å². The number of ether oxygens (including phenoxy) is 1. The normalized spacial score (nSPS) is 24.8. The van der Waals surface area contributed by atoms with Crippen LogP contribution in [0.3, 0.4) is 0 Å². The SMILES string of the molecule is CCOC1CC(CC(=O)N[C@H](CC)C(=O)O)C1. The van der Waals surface area contributed by atoms with Crippen LogP contribution in [0.1, 0.15) is 39.5 Å². The summed E-state index contributed by atoms with van der Waals surface area (Å²) in [7, 11) is 0. The van der Waals surface area contributed by atoms with Crippen molar-refractivity contribution >= 4 is 11.9 Å². The average Bonchev–Trinajstić information content (AvgIpc) is 2.22. The highest BCUT2D eigenvalue weighted by molar-refractivity contribution is 5.83. The number of carbonyl (C=O) groups is 2. The van der Waals surface area contributed by atoms with Crippen molar-refractivity contribution in [2.75, 3.05) is 6.61 Å². The molecular formula is C12H21NO4. The van der Waals surface area contributed by atoms with Crippen molar-refractivity contribution in [2.24, 2.45) is 5.92 Å². The van der Waals surface area contributed by atoms with Gasteiger partial charge in [0.1, 0.15) is 6.04 Å². The molecule has 0 unspecified atom stereocenters. The van der Waals surface area contributed by atoms with Crippen LogP contribution in [0.15, 0.2) is 0 Å². The lowest BCUT2D eigenvalue weighted by atomic mass is 9.80. The van der Waals surface area contributed by atoms with E-state index in [1.807, 2.05) is 6.92 Å². The number of carbonyl (C=O) groups excluding carboxylic acids is 1. The summed E-state index contributed by atoms with van der Waals surface area (Å²) in [4.78, 5) is 22.3. The lowest BCUT2D eigenvalue weighted by molar-refractivity contribution is -0.142. The molecule has 1 fully saturated rings. The highest BCUT2D eigenvalue weighted by Gasteiger charge is 2.31. The predicted octanol–water partition coefficient (Wildman–Crippen LogP) is 1.17. The standard InChI is InChI=1S/C12H21NO4/c1-3-10(12(15)16)13-11(14)7-8-5-9(6-8)17-4-2/h8-10H,3-7H2,1-2H3,(H,13,14)(H,15,16)/t8?,9?,10-/m1/s1.